The van der Waals surface area contributed by atoms with Gasteiger partial charge in [-0.25, -0.2) is 0 Å². The maximum atomic E-state index is 11.8. The van der Waals surface area contributed by atoms with Gasteiger partial charge in [-0.15, -0.1) is 0 Å². The van der Waals surface area contributed by atoms with Crippen molar-refractivity contribution < 1.29 is 9.53 Å². The van der Waals surface area contributed by atoms with E-state index in [-0.39, 0.29) is 17.9 Å². The number of rotatable bonds is 7. The van der Waals surface area contributed by atoms with E-state index in [0.29, 0.717) is 6.54 Å². The zero-order valence-corrected chi connectivity index (χ0v) is 13.2. The van der Waals surface area contributed by atoms with Crippen LogP contribution in [0.5, 0.6) is 0 Å². The predicted molar refractivity (Wildman–Crippen MR) is 88.5 cm³/mol. The standard InChI is InChI=1S/C19H23NO2/c1-3-15(19(21)22-2)14-20-18(16-10-6-4-7-11-16)17-12-8-5-9-13-17/h4-13,15,18,20H,3,14H2,1-2H3/t15-/m0/s1. The molecule has 1 N–H and O–H groups in total. The lowest BCUT2D eigenvalue weighted by molar-refractivity contribution is -0.145. The van der Waals surface area contributed by atoms with Gasteiger partial charge in [-0.05, 0) is 17.5 Å². The second-order valence-electron chi connectivity index (χ2n) is 5.29. The van der Waals surface area contributed by atoms with Crippen LogP contribution < -0.4 is 5.32 Å². The first-order chi connectivity index (χ1) is 10.8. The number of hydrogen-bond acceptors (Lipinski definition) is 3. The van der Waals surface area contributed by atoms with Crippen molar-refractivity contribution >= 4 is 5.97 Å². The van der Waals surface area contributed by atoms with Gasteiger partial charge in [-0.1, -0.05) is 67.6 Å². The van der Waals surface area contributed by atoms with E-state index in [1.807, 2.05) is 43.3 Å². The molecule has 0 amide bonds. The summed E-state index contributed by atoms with van der Waals surface area (Å²) < 4.78 is 4.87. The van der Waals surface area contributed by atoms with Crippen LogP contribution in [0.2, 0.25) is 0 Å². The Morgan fingerprint density at radius 3 is 1.91 bits per heavy atom. The maximum Gasteiger partial charge on any atom is 0.309 e. The monoisotopic (exact) mass is 297 g/mol. The molecule has 0 saturated heterocycles. The summed E-state index contributed by atoms with van der Waals surface area (Å²) in [6.45, 7) is 2.60. The Labute approximate surface area is 132 Å². The molecule has 0 aromatic heterocycles. The molecule has 3 nitrogen and oxygen atoms in total. The van der Waals surface area contributed by atoms with E-state index in [1.165, 1.54) is 18.2 Å². The SMILES string of the molecule is CC[C@@H](CNC(c1ccccc1)c1ccccc1)C(=O)OC. The molecular formula is C19H23NO2. The van der Waals surface area contributed by atoms with Crippen LogP contribution in [0.3, 0.4) is 0 Å². The molecule has 1 atom stereocenters. The minimum atomic E-state index is -0.158. The van der Waals surface area contributed by atoms with Gasteiger partial charge in [0.15, 0.2) is 0 Å². The number of hydrogen-bond donors (Lipinski definition) is 1. The van der Waals surface area contributed by atoms with E-state index >= 15 is 0 Å². The highest BCUT2D eigenvalue weighted by Gasteiger charge is 2.20. The van der Waals surface area contributed by atoms with Gasteiger partial charge in [-0.2, -0.15) is 0 Å². The Morgan fingerprint density at radius 2 is 1.50 bits per heavy atom. The second-order valence-corrected chi connectivity index (χ2v) is 5.29. The number of ether oxygens (including phenoxy) is 1. The van der Waals surface area contributed by atoms with E-state index in [0.717, 1.165) is 6.42 Å². The Hall–Kier alpha value is -2.13. The first kappa shape index (κ1) is 16.2. The van der Waals surface area contributed by atoms with Crippen molar-refractivity contribution in [1.82, 2.24) is 5.32 Å². The summed E-state index contributed by atoms with van der Waals surface area (Å²) in [5.74, 6) is -0.283. The fourth-order valence-electron chi connectivity index (χ4n) is 2.54. The van der Waals surface area contributed by atoms with Crippen LogP contribution in [-0.2, 0) is 9.53 Å². The van der Waals surface area contributed by atoms with Gasteiger partial charge >= 0.3 is 5.97 Å². The molecule has 2 rings (SSSR count). The molecule has 0 fully saturated rings. The van der Waals surface area contributed by atoms with Crippen LogP contribution in [0.15, 0.2) is 60.7 Å². The third-order valence-electron chi connectivity index (χ3n) is 3.86. The molecular weight excluding hydrogens is 274 g/mol. The molecule has 0 bridgehead atoms. The lowest BCUT2D eigenvalue weighted by atomic mass is 9.97. The Kier molecular flexibility index (Phi) is 6.16. The minimum Gasteiger partial charge on any atom is -0.469 e. The molecule has 0 aliphatic heterocycles. The normalized spacial score (nSPS) is 12.1. The average molecular weight is 297 g/mol. The third-order valence-corrected chi connectivity index (χ3v) is 3.86. The van der Waals surface area contributed by atoms with Gasteiger partial charge in [0.2, 0.25) is 0 Å². The summed E-state index contributed by atoms with van der Waals surface area (Å²) in [5.41, 5.74) is 2.38. The number of carbonyl (C=O) groups is 1. The van der Waals surface area contributed by atoms with Gasteiger partial charge in [0.1, 0.15) is 0 Å². The van der Waals surface area contributed by atoms with Gasteiger partial charge in [-0.3, -0.25) is 4.79 Å². The van der Waals surface area contributed by atoms with Crippen LogP contribution in [0, 0.1) is 5.92 Å². The van der Waals surface area contributed by atoms with E-state index in [9.17, 15) is 4.79 Å². The number of methoxy groups -OCH3 is 1. The Balaban J connectivity index is 2.17. The summed E-state index contributed by atoms with van der Waals surface area (Å²) in [6, 6.07) is 20.6. The Morgan fingerprint density at radius 1 is 1.00 bits per heavy atom. The molecule has 0 radical (unpaired) electrons. The number of carbonyl (C=O) groups excluding carboxylic acids is 1. The predicted octanol–water partition coefficient (Wildman–Crippen LogP) is 3.56. The van der Waals surface area contributed by atoms with Crippen molar-refractivity contribution in [2.75, 3.05) is 13.7 Å². The van der Waals surface area contributed by atoms with Crippen molar-refractivity contribution in [3.05, 3.63) is 71.8 Å². The molecule has 0 unspecified atom stereocenters. The molecule has 0 saturated carbocycles. The molecule has 116 valence electrons. The molecule has 0 spiro atoms. The molecule has 2 aromatic rings. The van der Waals surface area contributed by atoms with Crippen molar-refractivity contribution in [2.45, 2.75) is 19.4 Å². The first-order valence-electron chi connectivity index (χ1n) is 7.67. The second kappa shape index (κ2) is 8.35. The van der Waals surface area contributed by atoms with E-state index in [4.69, 9.17) is 4.74 Å². The van der Waals surface area contributed by atoms with Crippen LogP contribution in [0.25, 0.3) is 0 Å². The van der Waals surface area contributed by atoms with E-state index in [1.54, 1.807) is 0 Å². The quantitative estimate of drug-likeness (QED) is 0.794. The van der Waals surface area contributed by atoms with Crippen molar-refractivity contribution in [3.8, 4) is 0 Å². The van der Waals surface area contributed by atoms with Crippen LogP contribution in [0.1, 0.15) is 30.5 Å². The zero-order valence-electron chi connectivity index (χ0n) is 13.2. The zero-order chi connectivity index (χ0) is 15.8. The maximum absolute atomic E-state index is 11.8. The molecule has 3 heteroatoms. The molecule has 2 aromatic carbocycles. The fourth-order valence-corrected chi connectivity index (χ4v) is 2.54. The number of nitrogens with one attached hydrogen (secondary N) is 1. The molecule has 22 heavy (non-hydrogen) atoms. The van der Waals surface area contributed by atoms with Crippen LogP contribution in [-0.4, -0.2) is 19.6 Å². The summed E-state index contributed by atoms with van der Waals surface area (Å²) in [4.78, 5) is 11.8. The topological polar surface area (TPSA) is 38.3 Å². The first-order valence-corrected chi connectivity index (χ1v) is 7.67. The van der Waals surface area contributed by atoms with E-state index < -0.39 is 0 Å². The van der Waals surface area contributed by atoms with E-state index in [2.05, 4.69) is 29.6 Å². The number of esters is 1. The smallest absolute Gasteiger partial charge is 0.309 e. The summed E-state index contributed by atoms with van der Waals surface area (Å²) in [5, 5.41) is 3.52. The summed E-state index contributed by atoms with van der Waals surface area (Å²) >= 11 is 0. The highest BCUT2D eigenvalue weighted by atomic mass is 16.5. The third kappa shape index (κ3) is 4.18. The van der Waals surface area contributed by atoms with Crippen molar-refractivity contribution in [1.29, 1.82) is 0 Å². The van der Waals surface area contributed by atoms with Crippen molar-refractivity contribution in [2.24, 2.45) is 5.92 Å². The van der Waals surface area contributed by atoms with Gasteiger partial charge < -0.3 is 10.1 Å². The largest absolute Gasteiger partial charge is 0.469 e. The number of benzene rings is 2. The summed E-state index contributed by atoms with van der Waals surface area (Å²) in [6.07, 6.45) is 0.760. The molecule has 0 heterocycles. The van der Waals surface area contributed by atoms with Crippen LogP contribution in [0.4, 0.5) is 0 Å². The minimum absolute atomic E-state index is 0.0705. The van der Waals surface area contributed by atoms with Gasteiger partial charge in [0.05, 0.1) is 19.1 Å². The highest BCUT2D eigenvalue weighted by Crippen LogP contribution is 2.22. The molecule has 0 aliphatic carbocycles. The lowest BCUT2D eigenvalue weighted by Crippen LogP contribution is -2.32. The van der Waals surface area contributed by atoms with Gasteiger partial charge in [0.25, 0.3) is 0 Å². The summed E-state index contributed by atoms with van der Waals surface area (Å²) in [7, 11) is 1.44. The Bertz CT molecular complexity index is 529. The highest BCUT2D eigenvalue weighted by molar-refractivity contribution is 5.72. The fraction of sp³-hybridized carbons (Fsp3) is 0.316. The lowest BCUT2D eigenvalue weighted by Gasteiger charge is -2.22. The van der Waals surface area contributed by atoms with Crippen molar-refractivity contribution in [3.63, 3.8) is 0 Å². The van der Waals surface area contributed by atoms with Gasteiger partial charge in [0, 0.05) is 6.54 Å². The van der Waals surface area contributed by atoms with Crippen LogP contribution >= 0.6 is 0 Å². The molecule has 0 aliphatic rings. The average Bonchev–Trinajstić information content (AvgIpc) is 2.60.